The van der Waals surface area contributed by atoms with Crippen molar-refractivity contribution in [3.63, 3.8) is 0 Å². The number of alkyl carbamates (subject to hydrolysis) is 1. The molecular formula is C41H59N5O6S. The van der Waals surface area contributed by atoms with Gasteiger partial charge in [0, 0.05) is 49.9 Å². The Balaban J connectivity index is 1.50. The van der Waals surface area contributed by atoms with Crippen LogP contribution in [0.5, 0.6) is 0 Å². The van der Waals surface area contributed by atoms with Crippen molar-refractivity contribution in [1.29, 1.82) is 0 Å². The molecule has 3 N–H and O–H groups in total. The van der Waals surface area contributed by atoms with E-state index in [0.717, 1.165) is 10.5 Å². The van der Waals surface area contributed by atoms with Crippen LogP contribution in [0.1, 0.15) is 72.3 Å². The fourth-order valence-corrected chi connectivity index (χ4v) is 8.28. The number of benzene rings is 2. The fraction of sp³-hybridized carbons (Fsp3) is 0.585. The van der Waals surface area contributed by atoms with E-state index in [1.165, 1.54) is 0 Å². The van der Waals surface area contributed by atoms with E-state index in [-0.39, 0.29) is 54.0 Å². The molecule has 0 saturated carbocycles. The van der Waals surface area contributed by atoms with E-state index in [2.05, 4.69) is 16.0 Å². The Bertz CT molecular complexity index is 1520. The van der Waals surface area contributed by atoms with Gasteiger partial charge in [0.25, 0.3) is 0 Å². The standard InChI is InChI=1S/C41H59N5O6S/c1-7-34(28(2)36(47)42-6)43-37(48)30-18-14-22-45(25-30)38(49)31-19-15-23-46(26-31)39(50)33(24-29-16-10-8-11-17-29)35(44-40(51)52-41(3,4)5)27-53-32-20-12-9-13-21-32/h8-13,16-17,20-21,28,30-31,33-35H,7,14-15,18-19,22-27H2,1-6H3,(H,42,47)(H,43,48)(H,44,51)/t28-,30-,31+,33-,34+,35+/m0/s1. The van der Waals surface area contributed by atoms with Crippen LogP contribution in [0.3, 0.4) is 0 Å². The highest BCUT2D eigenvalue weighted by Crippen LogP contribution is 2.28. The molecule has 0 spiro atoms. The lowest BCUT2D eigenvalue weighted by molar-refractivity contribution is -0.144. The third kappa shape index (κ3) is 12.5. The first-order valence-electron chi connectivity index (χ1n) is 19.1. The number of amides is 5. The van der Waals surface area contributed by atoms with Gasteiger partial charge in [0.15, 0.2) is 0 Å². The maximum atomic E-state index is 14.7. The molecule has 2 heterocycles. The van der Waals surface area contributed by atoms with Crippen molar-refractivity contribution in [1.82, 2.24) is 25.8 Å². The van der Waals surface area contributed by atoms with Gasteiger partial charge in [-0.25, -0.2) is 4.79 Å². The first-order valence-corrected chi connectivity index (χ1v) is 20.1. The monoisotopic (exact) mass is 749 g/mol. The lowest BCUT2D eigenvalue weighted by atomic mass is 9.88. The van der Waals surface area contributed by atoms with Crippen molar-refractivity contribution in [2.24, 2.45) is 23.7 Å². The highest BCUT2D eigenvalue weighted by Gasteiger charge is 2.39. The molecule has 12 heteroatoms. The van der Waals surface area contributed by atoms with Crippen LogP contribution in [0.4, 0.5) is 4.79 Å². The molecule has 0 radical (unpaired) electrons. The summed E-state index contributed by atoms with van der Waals surface area (Å²) in [7, 11) is 1.59. The van der Waals surface area contributed by atoms with Crippen molar-refractivity contribution in [2.75, 3.05) is 39.0 Å². The average Bonchev–Trinajstić information content (AvgIpc) is 3.16. The largest absolute Gasteiger partial charge is 0.444 e. The van der Waals surface area contributed by atoms with Crippen LogP contribution in [0, 0.1) is 23.7 Å². The van der Waals surface area contributed by atoms with E-state index in [1.807, 2.05) is 95.3 Å². The minimum atomic E-state index is -0.712. The summed E-state index contributed by atoms with van der Waals surface area (Å²) in [5, 5.41) is 8.78. The summed E-state index contributed by atoms with van der Waals surface area (Å²) in [5.41, 5.74) is 0.264. The number of carbonyl (C=O) groups is 5. The second kappa shape index (κ2) is 19.9. The Morgan fingerprint density at radius 3 is 2.08 bits per heavy atom. The van der Waals surface area contributed by atoms with Gasteiger partial charge < -0.3 is 30.5 Å². The zero-order valence-corrected chi connectivity index (χ0v) is 33.1. The fourth-order valence-electron chi connectivity index (χ4n) is 7.24. The van der Waals surface area contributed by atoms with Gasteiger partial charge in [0.05, 0.1) is 29.7 Å². The molecule has 5 amide bonds. The van der Waals surface area contributed by atoms with Gasteiger partial charge in [0.2, 0.25) is 23.6 Å². The number of piperidine rings is 2. The van der Waals surface area contributed by atoms with Gasteiger partial charge >= 0.3 is 6.09 Å². The molecule has 2 aliphatic heterocycles. The first-order chi connectivity index (χ1) is 25.3. The summed E-state index contributed by atoms with van der Waals surface area (Å²) in [6.45, 7) is 10.9. The molecule has 4 rings (SSSR count). The SMILES string of the molecule is CC[C@@H](NC(=O)[C@H]1CCCN(C(=O)[C@@H]2CCCN(C(=O)[C@@H](Cc3ccccc3)[C@@H](CSc3ccccc3)NC(=O)OC(C)(C)C)C2)C1)[C@H](C)C(=O)NC. The lowest BCUT2D eigenvalue weighted by Gasteiger charge is -2.40. The van der Waals surface area contributed by atoms with Crippen LogP contribution in [-0.4, -0.2) is 96.2 Å². The molecule has 2 aromatic carbocycles. The van der Waals surface area contributed by atoms with E-state index in [1.54, 1.807) is 28.6 Å². The zero-order chi connectivity index (χ0) is 38.5. The number of hydrogen-bond acceptors (Lipinski definition) is 7. The van der Waals surface area contributed by atoms with Crippen LogP contribution >= 0.6 is 11.8 Å². The Kier molecular flexibility index (Phi) is 15.6. The summed E-state index contributed by atoms with van der Waals surface area (Å²) in [5.74, 6) is -1.68. The minimum Gasteiger partial charge on any atom is -0.444 e. The maximum Gasteiger partial charge on any atom is 0.407 e. The maximum absolute atomic E-state index is 14.7. The average molecular weight is 750 g/mol. The Hall–Kier alpha value is -4.06. The van der Waals surface area contributed by atoms with Gasteiger partial charge in [-0.05, 0) is 77.0 Å². The molecule has 11 nitrogen and oxygen atoms in total. The summed E-state index contributed by atoms with van der Waals surface area (Å²) in [6.07, 6.45) is 3.16. The third-order valence-electron chi connectivity index (χ3n) is 10.2. The minimum absolute atomic E-state index is 0.0338. The molecule has 0 bridgehead atoms. The molecule has 0 unspecified atom stereocenters. The van der Waals surface area contributed by atoms with E-state index in [0.29, 0.717) is 63.9 Å². The van der Waals surface area contributed by atoms with E-state index in [4.69, 9.17) is 4.74 Å². The van der Waals surface area contributed by atoms with Crippen molar-refractivity contribution < 1.29 is 28.7 Å². The molecule has 53 heavy (non-hydrogen) atoms. The summed E-state index contributed by atoms with van der Waals surface area (Å²) in [4.78, 5) is 72.2. The number of thioether (sulfide) groups is 1. The molecule has 6 atom stereocenters. The van der Waals surface area contributed by atoms with Gasteiger partial charge in [-0.2, -0.15) is 0 Å². The number of nitrogens with one attached hydrogen (secondary N) is 3. The number of nitrogens with zero attached hydrogens (tertiary/aromatic N) is 2. The summed E-state index contributed by atoms with van der Waals surface area (Å²) in [6, 6.07) is 18.8. The van der Waals surface area contributed by atoms with Crippen LogP contribution in [0.2, 0.25) is 0 Å². The van der Waals surface area contributed by atoms with Crippen LogP contribution < -0.4 is 16.0 Å². The van der Waals surface area contributed by atoms with Gasteiger partial charge in [-0.15, -0.1) is 11.8 Å². The summed E-state index contributed by atoms with van der Waals surface area (Å²) >= 11 is 1.57. The molecule has 0 aromatic heterocycles. The molecule has 2 saturated heterocycles. The quantitative estimate of drug-likeness (QED) is 0.224. The van der Waals surface area contributed by atoms with Gasteiger partial charge in [0.1, 0.15) is 5.60 Å². The van der Waals surface area contributed by atoms with E-state index >= 15 is 0 Å². The van der Waals surface area contributed by atoms with Crippen LogP contribution in [-0.2, 0) is 30.3 Å². The molecular weight excluding hydrogens is 691 g/mol. The Labute approximate surface area is 319 Å². The third-order valence-corrected chi connectivity index (χ3v) is 11.3. The summed E-state index contributed by atoms with van der Waals surface area (Å²) < 4.78 is 5.66. The molecule has 0 aliphatic carbocycles. The second-order valence-electron chi connectivity index (χ2n) is 15.3. The van der Waals surface area contributed by atoms with Crippen molar-refractivity contribution >= 4 is 41.5 Å². The molecule has 290 valence electrons. The number of ether oxygens (including phenoxy) is 1. The second-order valence-corrected chi connectivity index (χ2v) is 16.4. The first kappa shape index (κ1) is 41.7. The topological polar surface area (TPSA) is 137 Å². The molecule has 2 fully saturated rings. The molecule has 2 aliphatic rings. The normalized spacial score (nSPS) is 20.0. The predicted octanol–water partition coefficient (Wildman–Crippen LogP) is 5.29. The highest BCUT2D eigenvalue weighted by atomic mass is 32.2. The van der Waals surface area contributed by atoms with E-state index < -0.39 is 23.7 Å². The smallest absolute Gasteiger partial charge is 0.407 e. The zero-order valence-electron chi connectivity index (χ0n) is 32.3. The number of hydrogen-bond donors (Lipinski definition) is 3. The number of rotatable bonds is 14. The Morgan fingerprint density at radius 1 is 0.849 bits per heavy atom. The highest BCUT2D eigenvalue weighted by molar-refractivity contribution is 7.99. The van der Waals surface area contributed by atoms with Crippen molar-refractivity contribution in [3.8, 4) is 0 Å². The number of likely N-dealkylation sites (tertiary alicyclic amines) is 2. The Morgan fingerprint density at radius 2 is 1.45 bits per heavy atom. The lowest BCUT2D eigenvalue weighted by Crippen LogP contribution is -2.55. The van der Waals surface area contributed by atoms with Gasteiger partial charge in [-0.1, -0.05) is 62.4 Å². The van der Waals surface area contributed by atoms with Crippen LogP contribution in [0.25, 0.3) is 0 Å². The van der Waals surface area contributed by atoms with Crippen molar-refractivity contribution in [2.45, 2.75) is 95.7 Å². The van der Waals surface area contributed by atoms with E-state index in [9.17, 15) is 24.0 Å². The molecule has 2 aromatic rings. The van der Waals surface area contributed by atoms with Crippen LogP contribution in [0.15, 0.2) is 65.6 Å². The predicted molar refractivity (Wildman–Crippen MR) is 208 cm³/mol. The number of carbonyl (C=O) groups excluding carboxylic acids is 5. The van der Waals surface area contributed by atoms with Gasteiger partial charge in [-0.3, -0.25) is 19.2 Å². The van der Waals surface area contributed by atoms with Crippen molar-refractivity contribution in [3.05, 3.63) is 66.2 Å².